The maximum atomic E-state index is 13.0. The largest absolute Gasteiger partial charge is 0.497 e. The molecule has 0 saturated carbocycles. The molecule has 2 aromatic carbocycles. The first-order valence-electron chi connectivity index (χ1n) is 9.91. The number of nitrogens with zero attached hydrogens (tertiary/aromatic N) is 2. The van der Waals surface area contributed by atoms with Gasteiger partial charge in [0.25, 0.3) is 5.91 Å². The molecule has 4 rings (SSSR count). The molecule has 3 aromatic rings. The zero-order chi connectivity index (χ0) is 22.9. The van der Waals surface area contributed by atoms with Crippen molar-refractivity contribution in [2.45, 2.75) is 19.4 Å². The number of carbonyl (C=O) groups is 3. The van der Waals surface area contributed by atoms with Crippen molar-refractivity contribution < 1.29 is 19.1 Å². The molecule has 164 valence electrons. The molecule has 0 radical (unpaired) electrons. The third-order valence-electron chi connectivity index (χ3n) is 5.34. The minimum Gasteiger partial charge on any atom is -0.497 e. The number of benzene rings is 2. The van der Waals surface area contributed by atoms with E-state index in [1.54, 1.807) is 38.3 Å². The number of thiazole rings is 1. The molecule has 0 spiro atoms. The maximum Gasteiger partial charge on any atom is 0.325 e. The van der Waals surface area contributed by atoms with Crippen molar-refractivity contribution in [3.05, 3.63) is 65.0 Å². The molecule has 1 fully saturated rings. The van der Waals surface area contributed by atoms with Crippen molar-refractivity contribution in [1.29, 1.82) is 0 Å². The first kappa shape index (κ1) is 21.5. The molecular weight excluding hydrogens is 428 g/mol. The number of hydrogen-bond donors (Lipinski definition) is 2. The van der Waals surface area contributed by atoms with Gasteiger partial charge in [-0.25, -0.2) is 9.78 Å². The van der Waals surface area contributed by atoms with Crippen LogP contribution in [0, 0.1) is 6.92 Å². The Kier molecular flexibility index (Phi) is 5.67. The Morgan fingerprint density at radius 2 is 1.84 bits per heavy atom. The highest BCUT2D eigenvalue weighted by atomic mass is 32.1. The number of methoxy groups -OCH3 is 1. The lowest BCUT2D eigenvalue weighted by Gasteiger charge is -2.22. The molecule has 8 nitrogen and oxygen atoms in total. The van der Waals surface area contributed by atoms with E-state index in [0.29, 0.717) is 16.4 Å². The van der Waals surface area contributed by atoms with E-state index in [4.69, 9.17) is 4.74 Å². The van der Waals surface area contributed by atoms with Crippen LogP contribution in [0.15, 0.2) is 53.9 Å². The number of aromatic nitrogens is 1. The van der Waals surface area contributed by atoms with Gasteiger partial charge < -0.3 is 15.4 Å². The second-order valence-corrected chi connectivity index (χ2v) is 8.49. The zero-order valence-corrected chi connectivity index (χ0v) is 18.7. The smallest absolute Gasteiger partial charge is 0.325 e. The molecule has 1 aromatic heterocycles. The van der Waals surface area contributed by atoms with Crippen molar-refractivity contribution in [1.82, 2.24) is 15.2 Å². The molecule has 4 amide bonds. The first-order chi connectivity index (χ1) is 15.3. The van der Waals surface area contributed by atoms with E-state index in [9.17, 15) is 14.4 Å². The second kappa shape index (κ2) is 8.43. The van der Waals surface area contributed by atoms with Gasteiger partial charge in [0.1, 0.15) is 17.8 Å². The minimum atomic E-state index is -1.26. The molecule has 1 aliphatic heterocycles. The Morgan fingerprint density at radius 3 is 2.50 bits per heavy atom. The van der Waals surface area contributed by atoms with Gasteiger partial charge in [-0.05, 0) is 31.5 Å². The number of imide groups is 1. The quantitative estimate of drug-likeness (QED) is 0.560. The highest BCUT2D eigenvalue weighted by Crippen LogP contribution is 2.30. The maximum absolute atomic E-state index is 13.0. The molecule has 1 saturated heterocycles. The van der Waals surface area contributed by atoms with Crippen LogP contribution in [0.2, 0.25) is 0 Å². The lowest BCUT2D eigenvalue weighted by atomic mass is 9.92. The molecule has 0 aliphatic carbocycles. The van der Waals surface area contributed by atoms with Gasteiger partial charge in [0.15, 0.2) is 5.13 Å². The van der Waals surface area contributed by atoms with E-state index in [1.165, 1.54) is 11.3 Å². The highest BCUT2D eigenvalue weighted by molar-refractivity contribution is 7.14. The van der Waals surface area contributed by atoms with Crippen molar-refractivity contribution in [2.75, 3.05) is 19.0 Å². The van der Waals surface area contributed by atoms with Gasteiger partial charge in [-0.2, -0.15) is 0 Å². The van der Waals surface area contributed by atoms with Crippen LogP contribution >= 0.6 is 11.3 Å². The molecule has 9 heteroatoms. The minimum absolute atomic E-state index is 0.399. The lowest BCUT2D eigenvalue weighted by molar-refractivity contribution is -0.133. The number of nitrogens with one attached hydrogen (secondary N) is 2. The van der Waals surface area contributed by atoms with E-state index < -0.39 is 29.9 Å². The van der Waals surface area contributed by atoms with Crippen LogP contribution in [0.1, 0.15) is 18.1 Å². The van der Waals surface area contributed by atoms with Gasteiger partial charge in [0.2, 0.25) is 5.91 Å². The Balaban J connectivity index is 1.43. The highest BCUT2D eigenvalue weighted by Gasteiger charge is 2.49. The number of anilines is 1. The second-order valence-electron chi connectivity index (χ2n) is 7.63. The Morgan fingerprint density at radius 1 is 1.16 bits per heavy atom. The van der Waals surface area contributed by atoms with Crippen LogP contribution in [-0.4, -0.2) is 41.4 Å². The molecule has 0 unspecified atom stereocenters. The Hall–Kier alpha value is -3.72. The van der Waals surface area contributed by atoms with Crippen LogP contribution in [-0.2, 0) is 15.1 Å². The number of hydrogen-bond acceptors (Lipinski definition) is 6. The summed E-state index contributed by atoms with van der Waals surface area (Å²) in [6.45, 7) is 3.21. The average Bonchev–Trinajstić information content (AvgIpc) is 3.33. The van der Waals surface area contributed by atoms with Crippen LogP contribution in [0.5, 0.6) is 5.75 Å². The third kappa shape index (κ3) is 4.06. The van der Waals surface area contributed by atoms with Gasteiger partial charge >= 0.3 is 6.03 Å². The molecule has 1 aliphatic rings. The van der Waals surface area contributed by atoms with Crippen LogP contribution in [0.25, 0.3) is 11.3 Å². The topological polar surface area (TPSA) is 101 Å². The molecular formula is C23H22N4O4S. The van der Waals surface area contributed by atoms with Crippen LogP contribution < -0.4 is 15.4 Å². The van der Waals surface area contributed by atoms with Crippen LogP contribution in [0.3, 0.4) is 0 Å². The fraction of sp³-hybridized carbons (Fsp3) is 0.217. The Labute approximate surface area is 189 Å². The summed E-state index contributed by atoms with van der Waals surface area (Å²) in [7, 11) is 1.55. The van der Waals surface area contributed by atoms with Gasteiger partial charge in [-0.3, -0.25) is 14.5 Å². The normalized spacial score (nSPS) is 17.9. The number of rotatable bonds is 6. The molecule has 2 heterocycles. The summed E-state index contributed by atoms with van der Waals surface area (Å²) in [5, 5.41) is 7.60. The summed E-state index contributed by atoms with van der Waals surface area (Å²) in [6.07, 6.45) is 0. The number of amides is 4. The fourth-order valence-corrected chi connectivity index (χ4v) is 4.19. The van der Waals surface area contributed by atoms with Gasteiger partial charge in [-0.15, -0.1) is 11.3 Å². The number of ether oxygens (including phenoxy) is 1. The van der Waals surface area contributed by atoms with Crippen LogP contribution in [0.4, 0.5) is 9.93 Å². The van der Waals surface area contributed by atoms with Crippen molar-refractivity contribution in [3.63, 3.8) is 0 Å². The predicted octanol–water partition coefficient (Wildman–Crippen LogP) is 3.53. The van der Waals surface area contributed by atoms with Gasteiger partial charge in [0.05, 0.1) is 12.8 Å². The number of carbonyl (C=O) groups excluding carboxylic acids is 3. The fourth-order valence-electron chi connectivity index (χ4n) is 3.45. The third-order valence-corrected chi connectivity index (χ3v) is 6.10. The molecule has 0 bridgehead atoms. The summed E-state index contributed by atoms with van der Waals surface area (Å²) >= 11 is 1.28. The number of urea groups is 1. The summed E-state index contributed by atoms with van der Waals surface area (Å²) in [5.74, 6) is -0.363. The van der Waals surface area contributed by atoms with Gasteiger partial charge in [-0.1, -0.05) is 42.0 Å². The summed E-state index contributed by atoms with van der Waals surface area (Å²) in [5.41, 5.74) is 2.17. The molecule has 32 heavy (non-hydrogen) atoms. The molecule has 2 N–H and O–H groups in total. The van der Waals surface area contributed by atoms with E-state index in [2.05, 4.69) is 15.6 Å². The predicted molar refractivity (Wildman–Crippen MR) is 122 cm³/mol. The Bertz CT molecular complexity index is 1170. The number of aryl methyl sites for hydroxylation is 1. The standard InChI is InChI=1S/C23H22N4O4S/c1-14-4-6-15(7-5-14)18-13-32-21(24-18)25-19(28)12-27-20(29)23(2,26-22(27)30)16-8-10-17(31-3)11-9-16/h4-11,13H,12H2,1-3H3,(H,26,30)(H,24,25,28)/t23-/m1/s1. The lowest BCUT2D eigenvalue weighted by Crippen LogP contribution is -2.42. The zero-order valence-electron chi connectivity index (χ0n) is 17.8. The SMILES string of the molecule is COc1ccc([C@@]2(C)NC(=O)N(CC(=O)Nc3nc(-c4ccc(C)cc4)cs3)C2=O)cc1. The first-order valence-corrected chi connectivity index (χ1v) is 10.8. The monoisotopic (exact) mass is 450 g/mol. The van der Waals surface area contributed by atoms with Crippen molar-refractivity contribution in [2.24, 2.45) is 0 Å². The molecule has 1 atom stereocenters. The van der Waals surface area contributed by atoms with E-state index in [0.717, 1.165) is 21.7 Å². The van der Waals surface area contributed by atoms with E-state index >= 15 is 0 Å². The summed E-state index contributed by atoms with van der Waals surface area (Å²) < 4.78 is 5.14. The van der Waals surface area contributed by atoms with Crippen molar-refractivity contribution >= 4 is 34.3 Å². The van der Waals surface area contributed by atoms with Crippen molar-refractivity contribution in [3.8, 4) is 17.0 Å². The van der Waals surface area contributed by atoms with E-state index in [-0.39, 0.29) is 0 Å². The van der Waals surface area contributed by atoms with E-state index in [1.807, 2.05) is 36.6 Å². The average molecular weight is 451 g/mol. The summed E-state index contributed by atoms with van der Waals surface area (Å²) in [4.78, 5) is 43.4. The summed E-state index contributed by atoms with van der Waals surface area (Å²) in [6, 6.07) is 14.1. The van der Waals surface area contributed by atoms with Gasteiger partial charge in [0, 0.05) is 10.9 Å².